The van der Waals surface area contributed by atoms with Crippen molar-refractivity contribution in [1.82, 2.24) is 0 Å². The minimum atomic E-state index is -0.776. The van der Waals surface area contributed by atoms with Gasteiger partial charge in [0.05, 0.1) is 6.61 Å². The molecule has 0 aromatic heterocycles. The van der Waals surface area contributed by atoms with E-state index in [-0.39, 0.29) is 4.29 Å². The van der Waals surface area contributed by atoms with Crippen LogP contribution in [0.5, 0.6) is 0 Å². The van der Waals surface area contributed by atoms with Crippen LogP contribution in [0.4, 0.5) is 0 Å². The van der Waals surface area contributed by atoms with E-state index in [9.17, 15) is 0 Å². The van der Waals surface area contributed by atoms with Gasteiger partial charge in [-0.25, -0.2) is 0 Å². The molecule has 0 aromatic rings. The quantitative estimate of drug-likeness (QED) is 0.414. The monoisotopic (exact) mass is 575 g/mol. The number of hydrogen-bond donors (Lipinski definition) is 0. The molecular weight excluding hydrogens is 579 g/mol. The Morgan fingerprint density at radius 1 is 1.17 bits per heavy atom. The Labute approximate surface area is 126 Å². The Bertz CT molecular complexity index is 143. The summed E-state index contributed by atoms with van der Waals surface area (Å²) in [6.07, 6.45) is 0. The lowest BCUT2D eigenvalue weighted by Crippen LogP contribution is -2.28. The summed E-state index contributed by atoms with van der Waals surface area (Å²) in [7, 11) is 0. The van der Waals surface area contributed by atoms with Gasteiger partial charge in [0.1, 0.15) is 4.29 Å². The molecule has 0 aliphatic heterocycles. The lowest BCUT2D eigenvalue weighted by Gasteiger charge is -2.25. The van der Waals surface area contributed by atoms with E-state index < -0.39 is 5.56 Å². The van der Waals surface area contributed by atoms with Crippen molar-refractivity contribution < 1.29 is 4.74 Å². The number of alkyl halides is 7. The van der Waals surface area contributed by atoms with Gasteiger partial charge >= 0.3 is 0 Å². The molecular formula is C4H3Br6ClO. The van der Waals surface area contributed by atoms with Crippen molar-refractivity contribution in [2.24, 2.45) is 0 Å². The molecule has 0 saturated heterocycles. The van der Waals surface area contributed by atoms with E-state index >= 15 is 0 Å². The SMILES string of the molecule is ClC(Br)C(Br)(Br)OCC(Br)(Br)Br. The largest absolute Gasteiger partial charge is 0.348 e. The van der Waals surface area contributed by atoms with E-state index in [4.69, 9.17) is 16.3 Å². The van der Waals surface area contributed by atoms with Gasteiger partial charge in [0.2, 0.25) is 3.42 Å². The van der Waals surface area contributed by atoms with Crippen LogP contribution in [0.15, 0.2) is 0 Å². The maximum Gasteiger partial charge on any atom is 0.204 e. The van der Waals surface area contributed by atoms with Crippen molar-refractivity contribution in [1.29, 1.82) is 0 Å². The van der Waals surface area contributed by atoms with Crippen molar-refractivity contribution in [2.75, 3.05) is 6.61 Å². The van der Waals surface area contributed by atoms with Crippen LogP contribution in [0, 0.1) is 0 Å². The topological polar surface area (TPSA) is 9.23 Å². The fraction of sp³-hybridized carbons (Fsp3) is 1.00. The van der Waals surface area contributed by atoms with Crippen LogP contribution in [0.3, 0.4) is 0 Å². The van der Waals surface area contributed by atoms with Gasteiger partial charge in [-0.15, -0.1) is 11.6 Å². The molecule has 0 radical (unpaired) electrons. The maximum atomic E-state index is 5.75. The minimum absolute atomic E-state index is 0.373. The lowest BCUT2D eigenvalue weighted by molar-refractivity contribution is 0.119. The third kappa shape index (κ3) is 7.43. The molecule has 0 heterocycles. The Morgan fingerprint density at radius 2 is 1.58 bits per heavy atom. The highest BCUT2D eigenvalue weighted by Crippen LogP contribution is 2.42. The Hall–Kier alpha value is 3.13. The Balaban J connectivity index is 3.93. The summed E-state index contributed by atoms with van der Waals surface area (Å²) >= 11 is 25.3. The van der Waals surface area contributed by atoms with Crippen molar-refractivity contribution in [3.8, 4) is 0 Å². The third-order valence-corrected chi connectivity index (χ3v) is 5.45. The first-order chi connectivity index (χ1) is 5.15. The van der Waals surface area contributed by atoms with Gasteiger partial charge in [-0.2, -0.15) is 0 Å². The molecule has 1 nitrogen and oxygen atoms in total. The first-order valence-electron chi connectivity index (χ1n) is 2.52. The zero-order valence-corrected chi connectivity index (χ0v) is 15.6. The Morgan fingerprint density at radius 3 is 1.83 bits per heavy atom. The van der Waals surface area contributed by atoms with Gasteiger partial charge in [-0.05, 0) is 31.9 Å². The molecule has 12 heavy (non-hydrogen) atoms. The molecule has 1 unspecified atom stereocenters. The second-order valence-electron chi connectivity index (χ2n) is 1.77. The summed E-state index contributed by atoms with van der Waals surface area (Å²) in [5.74, 6) is 0. The molecule has 0 aliphatic carbocycles. The second-order valence-corrected chi connectivity index (χ2v) is 14.3. The van der Waals surface area contributed by atoms with Crippen LogP contribution >= 0.6 is 107 Å². The summed E-state index contributed by atoms with van der Waals surface area (Å²) in [4.78, 5) is 0. The molecule has 1 atom stereocenters. The highest BCUT2D eigenvalue weighted by atomic mass is 80.0. The fourth-order valence-electron chi connectivity index (χ4n) is 0.241. The molecule has 0 bridgehead atoms. The van der Waals surface area contributed by atoms with Gasteiger partial charge < -0.3 is 4.74 Å². The summed E-state index contributed by atoms with van der Waals surface area (Å²) in [6.45, 7) is 0.373. The highest BCUT2D eigenvalue weighted by molar-refractivity contribution is 9.39. The molecule has 0 aromatic carbocycles. The predicted molar refractivity (Wildman–Crippen MR) is 74.6 cm³/mol. The highest BCUT2D eigenvalue weighted by Gasteiger charge is 2.34. The van der Waals surface area contributed by atoms with Crippen LogP contribution in [-0.4, -0.2) is 16.5 Å². The maximum absolute atomic E-state index is 5.75. The third-order valence-electron chi connectivity index (χ3n) is 0.682. The van der Waals surface area contributed by atoms with Crippen molar-refractivity contribution in [3.63, 3.8) is 0 Å². The number of halogens is 7. The molecule has 0 N–H and O–H groups in total. The van der Waals surface area contributed by atoms with E-state index in [1.54, 1.807) is 0 Å². The molecule has 0 amide bonds. The van der Waals surface area contributed by atoms with Gasteiger partial charge in [-0.1, -0.05) is 63.7 Å². The van der Waals surface area contributed by atoms with Crippen LogP contribution in [0.2, 0.25) is 0 Å². The molecule has 74 valence electrons. The summed E-state index contributed by atoms with van der Waals surface area (Å²) in [5, 5.41) is 0. The first-order valence-corrected chi connectivity index (χ1v) is 7.83. The Kier molecular flexibility index (Phi) is 7.58. The van der Waals surface area contributed by atoms with Crippen molar-refractivity contribution in [3.05, 3.63) is 0 Å². The second kappa shape index (κ2) is 6.01. The van der Waals surface area contributed by atoms with Gasteiger partial charge in [0, 0.05) is 0 Å². The normalized spacial score (nSPS) is 16.2. The molecule has 8 heteroatoms. The molecule has 0 saturated carbocycles. The molecule has 0 spiro atoms. The minimum Gasteiger partial charge on any atom is -0.348 e. The van der Waals surface area contributed by atoms with E-state index in [2.05, 4.69) is 95.6 Å². The fourth-order valence-corrected chi connectivity index (χ4v) is 1.01. The predicted octanol–water partition coefficient (Wildman–Crippen LogP) is 5.24. The lowest BCUT2D eigenvalue weighted by atomic mass is 10.8. The van der Waals surface area contributed by atoms with E-state index in [1.807, 2.05) is 0 Å². The van der Waals surface area contributed by atoms with Gasteiger partial charge in [0.15, 0.2) is 2.14 Å². The number of rotatable bonds is 3. The number of ether oxygens (including phenoxy) is 1. The zero-order chi connectivity index (χ0) is 9.99. The van der Waals surface area contributed by atoms with Crippen LogP contribution in [0.25, 0.3) is 0 Å². The molecule has 0 aliphatic rings. The van der Waals surface area contributed by atoms with Crippen molar-refractivity contribution in [2.45, 2.75) is 9.85 Å². The van der Waals surface area contributed by atoms with Crippen LogP contribution in [0.1, 0.15) is 0 Å². The van der Waals surface area contributed by atoms with E-state index in [1.165, 1.54) is 0 Å². The smallest absolute Gasteiger partial charge is 0.204 e. The van der Waals surface area contributed by atoms with Gasteiger partial charge in [0.25, 0.3) is 0 Å². The average molecular weight is 582 g/mol. The van der Waals surface area contributed by atoms with E-state index in [0.717, 1.165) is 0 Å². The van der Waals surface area contributed by atoms with Crippen LogP contribution < -0.4 is 0 Å². The molecule has 0 rings (SSSR count). The summed E-state index contributed by atoms with van der Waals surface area (Å²) in [5.41, 5.74) is 0. The number of hydrogen-bond acceptors (Lipinski definition) is 1. The van der Waals surface area contributed by atoms with E-state index in [0.29, 0.717) is 6.61 Å². The zero-order valence-electron chi connectivity index (χ0n) is 5.34. The summed E-state index contributed by atoms with van der Waals surface area (Å²) in [6, 6.07) is 0. The van der Waals surface area contributed by atoms with Crippen LogP contribution in [-0.2, 0) is 4.74 Å². The average Bonchev–Trinajstić information content (AvgIpc) is 1.82. The standard InChI is InChI=1S/C4H3Br6ClO/c5-2(11)4(9,10)12-1-3(6,7)8/h2H,1H2. The summed E-state index contributed by atoms with van der Waals surface area (Å²) < 4.78 is 3.79. The molecule has 0 fully saturated rings. The first kappa shape index (κ1) is 15.1. The van der Waals surface area contributed by atoms with Gasteiger partial charge in [-0.3, -0.25) is 0 Å². The van der Waals surface area contributed by atoms with Crippen molar-refractivity contribution >= 4 is 107 Å².